The molecule has 1 aliphatic rings. The van der Waals surface area contributed by atoms with Gasteiger partial charge in [0.15, 0.2) is 0 Å². The van der Waals surface area contributed by atoms with Gasteiger partial charge in [-0.15, -0.1) is 0 Å². The van der Waals surface area contributed by atoms with Gasteiger partial charge in [-0.1, -0.05) is 194 Å². The summed E-state index contributed by atoms with van der Waals surface area (Å²) in [7, 11) is 0. The van der Waals surface area contributed by atoms with Crippen LogP contribution in [0.1, 0.15) is 11.1 Å². The van der Waals surface area contributed by atoms with Crippen molar-refractivity contribution in [1.29, 1.82) is 0 Å². The Morgan fingerprint density at radius 2 is 0.660 bits per heavy atom. The maximum atomic E-state index is 2.35. The zero-order chi connectivity index (χ0) is 33.0. The van der Waals surface area contributed by atoms with Crippen LogP contribution >= 0.6 is 0 Å². The van der Waals surface area contributed by atoms with Crippen LogP contribution in [0.5, 0.6) is 0 Å². The standard InChI is InChI=1S/C50H32/c1-2-11-35(12-3-1)36-27-23-33(24-28-36)21-22-34-25-29-37(30-26-34)48-41-15-6-8-17-43(41)50(44-18-9-7-16-42(44)48)47-32-31-46-39-14-5-4-13-38(39)40-19-10-20-45(47)49(40)46/h1-32H. The minimum atomic E-state index is 1.18. The van der Waals surface area contributed by atoms with Crippen molar-refractivity contribution in [3.63, 3.8) is 0 Å². The highest BCUT2D eigenvalue weighted by atomic mass is 14.3. The second-order valence-corrected chi connectivity index (χ2v) is 13.2. The van der Waals surface area contributed by atoms with E-state index in [0.29, 0.717) is 0 Å². The lowest BCUT2D eigenvalue weighted by molar-refractivity contribution is 1.60. The van der Waals surface area contributed by atoms with Crippen LogP contribution in [0.3, 0.4) is 0 Å². The Kier molecular flexibility index (Phi) is 6.60. The van der Waals surface area contributed by atoms with Crippen LogP contribution in [-0.2, 0) is 0 Å². The predicted octanol–water partition coefficient (Wildman–Crippen LogP) is 14.0. The average Bonchev–Trinajstić information content (AvgIpc) is 3.52. The Bertz CT molecular complexity index is 2680. The zero-order valence-electron chi connectivity index (χ0n) is 27.5. The molecule has 0 aromatic heterocycles. The molecule has 0 heterocycles. The van der Waals surface area contributed by atoms with Crippen molar-refractivity contribution in [3.8, 4) is 55.6 Å². The van der Waals surface area contributed by atoms with Crippen molar-refractivity contribution in [2.24, 2.45) is 0 Å². The third-order valence-electron chi connectivity index (χ3n) is 10.4. The first-order chi connectivity index (χ1) is 24.8. The molecule has 0 heteroatoms. The number of hydrogen-bond acceptors (Lipinski definition) is 0. The molecule has 0 unspecified atom stereocenters. The largest absolute Gasteiger partial charge is 0.0622 e. The monoisotopic (exact) mass is 632 g/mol. The van der Waals surface area contributed by atoms with Crippen LogP contribution in [0.4, 0.5) is 0 Å². The summed E-state index contributed by atoms with van der Waals surface area (Å²) in [6.45, 7) is 0. The summed E-state index contributed by atoms with van der Waals surface area (Å²) in [6.07, 6.45) is 4.40. The molecule has 10 rings (SSSR count). The van der Waals surface area contributed by atoms with E-state index in [4.69, 9.17) is 0 Å². The molecule has 0 bridgehead atoms. The normalized spacial score (nSPS) is 11.9. The molecule has 0 spiro atoms. The highest BCUT2D eigenvalue weighted by Crippen LogP contribution is 2.51. The molecular weight excluding hydrogens is 601 g/mol. The van der Waals surface area contributed by atoms with Crippen molar-refractivity contribution in [1.82, 2.24) is 0 Å². The van der Waals surface area contributed by atoms with Gasteiger partial charge in [-0.25, -0.2) is 0 Å². The summed E-state index contributed by atoms with van der Waals surface area (Å²) >= 11 is 0. The summed E-state index contributed by atoms with van der Waals surface area (Å²) in [6, 6.07) is 66.6. The van der Waals surface area contributed by atoms with Gasteiger partial charge in [0.1, 0.15) is 0 Å². The van der Waals surface area contributed by atoms with Gasteiger partial charge in [0.25, 0.3) is 0 Å². The van der Waals surface area contributed by atoms with Crippen molar-refractivity contribution in [2.75, 3.05) is 0 Å². The Labute approximate surface area is 292 Å². The topological polar surface area (TPSA) is 0 Å². The van der Waals surface area contributed by atoms with E-state index in [0.717, 1.165) is 0 Å². The fourth-order valence-corrected chi connectivity index (χ4v) is 8.13. The first-order valence-corrected chi connectivity index (χ1v) is 17.4. The quantitative estimate of drug-likeness (QED) is 0.131. The van der Waals surface area contributed by atoms with E-state index in [-0.39, 0.29) is 0 Å². The minimum Gasteiger partial charge on any atom is -0.0622 e. The summed E-state index contributed by atoms with van der Waals surface area (Å²) in [5.74, 6) is 0. The van der Waals surface area contributed by atoms with Gasteiger partial charge >= 0.3 is 0 Å². The molecule has 9 aromatic carbocycles. The van der Waals surface area contributed by atoms with E-state index in [1.807, 2.05) is 0 Å². The van der Waals surface area contributed by atoms with Gasteiger partial charge in [0.05, 0.1) is 0 Å². The van der Waals surface area contributed by atoms with E-state index in [1.54, 1.807) is 0 Å². The van der Waals surface area contributed by atoms with E-state index in [1.165, 1.54) is 99.1 Å². The first kappa shape index (κ1) is 28.5. The smallest absolute Gasteiger partial charge is 0.00201 e. The molecule has 0 fully saturated rings. The molecule has 0 saturated carbocycles. The first-order valence-electron chi connectivity index (χ1n) is 17.4. The molecule has 0 nitrogen and oxygen atoms in total. The third-order valence-corrected chi connectivity index (χ3v) is 10.4. The van der Waals surface area contributed by atoms with E-state index in [9.17, 15) is 0 Å². The van der Waals surface area contributed by atoms with Crippen molar-refractivity contribution in [2.45, 2.75) is 0 Å². The minimum absolute atomic E-state index is 1.18. The number of fused-ring (bicyclic) bond motifs is 5. The van der Waals surface area contributed by atoms with E-state index >= 15 is 0 Å². The van der Waals surface area contributed by atoms with E-state index < -0.39 is 0 Å². The number of rotatable bonds is 5. The fourth-order valence-electron chi connectivity index (χ4n) is 8.13. The van der Waals surface area contributed by atoms with Crippen molar-refractivity contribution >= 4 is 44.5 Å². The van der Waals surface area contributed by atoms with Crippen LogP contribution in [-0.4, -0.2) is 0 Å². The van der Waals surface area contributed by atoms with Gasteiger partial charge in [-0.2, -0.15) is 0 Å². The van der Waals surface area contributed by atoms with E-state index in [2.05, 4.69) is 194 Å². The SMILES string of the molecule is C(=Cc1ccc(-c2c3ccccc3c(-c3ccc4c5c(cccc35)-c3ccccc3-4)c3ccccc23)cc1)c1ccc(-c2ccccc2)cc1. The molecule has 50 heavy (non-hydrogen) atoms. The molecule has 0 saturated heterocycles. The Morgan fingerprint density at radius 3 is 1.26 bits per heavy atom. The molecule has 232 valence electrons. The molecular formula is C50H32. The zero-order valence-corrected chi connectivity index (χ0v) is 27.5. The fraction of sp³-hybridized carbons (Fsp3) is 0. The summed E-state index contributed by atoms with van der Waals surface area (Å²) in [4.78, 5) is 0. The molecule has 1 aliphatic carbocycles. The Hall–Kier alpha value is -6.50. The van der Waals surface area contributed by atoms with Gasteiger partial charge < -0.3 is 0 Å². The van der Waals surface area contributed by atoms with Crippen LogP contribution in [0.15, 0.2) is 182 Å². The van der Waals surface area contributed by atoms with Crippen molar-refractivity contribution in [3.05, 3.63) is 193 Å². The molecule has 0 radical (unpaired) electrons. The molecule has 0 atom stereocenters. The lowest BCUT2D eigenvalue weighted by Crippen LogP contribution is -1.92. The second-order valence-electron chi connectivity index (χ2n) is 13.2. The molecule has 0 aliphatic heterocycles. The van der Waals surface area contributed by atoms with Gasteiger partial charge in [0.2, 0.25) is 0 Å². The highest BCUT2D eigenvalue weighted by molar-refractivity contribution is 6.26. The van der Waals surface area contributed by atoms with Crippen LogP contribution in [0, 0.1) is 0 Å². The maximum absolute atomic E-state index is 2.35. The Balaban J connectivity index is 1.08. The van der Waals surface area contributed by atoms with Gasteiger partial charge in [-0.05, 0) is 99.1 Å². The Morgan fingerprint density at radius 1 is 0.240 bits per heavy atom. The molecule has 0 amide bonds. The van der Waals surface area contributed by atoms with Crippen LogP contribution in [0.25, 0.3) is 100 Å². The van der Waals surface area contributed by atoms with Gasteiger partial charge in [-0.3, -0.25) is 0 Å². The van der Waals surface area contributed by atoms with Crippen LogP contribution < -0.4 is 0 Å². The summed E-state index contributed by atoms with van der Waals surface area (Å²) in [5, 5.41) is 7.77. The lowest BCUT2D eigenvalue weighted by atomic mass is 9.84. The van der Waals surface area contributed by atoms with Crippen LogP contribution in [0.2, 0.25) is 0 Å². The maximum Gasteiger partial charge on any atom is -0.00201 e. The number of hydrogen-bond donors (Lipinski definition) is 0. The van der Waals surface area contributed by atoms with Crippen molar-refractivity contribution < 1.29 is 0 Å². The summed E-state index contributed by atoms with van der Waals surface area (Å²) < 4.78 is 0. The second kappa shape index (κ2) is 11.6. The summed E-state index contributed by atoms with van der Waals surface area (Å²) in [5.41, 5.74) is 15.3. The predicted molar refractivity (Wildman–Crippen MR) is 215 cm³/mol. The third kappa shape index (κ3) is 4.54. The average molecular weight is 633 g/mol. The highest BCUT2D eigenvalue weighted by Gasteiger charge is 2.24. The lowest BCUT2D eigenvalue weighted by Gasteiger charge is -2.19. The van der Waals surface area contributed by atoms with Gasteiger partial charge in [0, 0.05) is 0 Å². The molecule has 0 N–H and O–H groups in total. The molecule has 9 aromatic rings. The number of benzene rings is 9.